The molecule has 4 aliphatic rings. The summed E-state index contributed by atoms with van der Waals surface area (Å²) >= 11 is 0. The molecule has 1 saturated carbocycles. The smallest absolute Gasteiger partial charge is 0.231 e. The number of nitrogens with zero attached hydrogens (tertiary/aromatic N) is 2. The average Bonchev–Trinajstić information content (AvgIpc) is 2.97. The highest BCUT2D eigenvalue weighted by atomic mass is 16.7. The molecule has 122 valence electrons. The van der Waals surface area contributed by atoms with E-state index in [0.717, 1.165) is 43.5 Å². The summed E-state index contributed by atoms with van der Waals surface area (Å²) < 4.78 is 10.8. The molecular formula is C18H22N2O3. The molecule has 0 radical (unpaired) electrons. The molecular weight excluding hydrogens is 292 g/mol. The van der Waals surface area contributed by atoms with E-state index in [0.29, 0.717) is 31.2 Å². The van der Waals surface area contributed by atoms with Gasteiger partial charge in [0.05, 0.1) is 0 Å². The molecule has 2 atom stereocenters. The number of carbonyl (C=O) groups is 1. The number of ether oxygens (including phenoxy) is 2. The number of carbonyl (C=O) groups excluding carboxylic acids is 1. The van der Waals surface area contributed by atoms with Crippen LogP contribution in [0.3, 0.4) is 0 Å². The van der Waals surface area contributed by atoms with E-state index in [-0.39, 0.29) is 0 Å². The third-order valence-corrected chi connectivity index (χ3v) is 5.70. The third-order valence-electron chi connectivity index (χ3n) is 5.70. The highest BCUT2D eigenvalue weighted by Gasteiger charge is 2.47. The second-order valence-corrected chi connectivity index (χ2v) is 7.28. The number of rotatable bonds is 4. The third kappa shape index (κ3) is 2.38. The quantitative estimate of drug-likeness (QED) is 0.852. The van der Waals surface area contributed by atoms with E-state index in [1.165, 1.54) is 18.4 Å². The standard InChI is InChI=1S/C18H22N2O3/c21-18-8-15-14(20(18)10-12-1-2-12)5-6-19(15)9-13-3-4-16-17(7-13)23-11-22-16/h3-4,7,12,14-15H,1-2,5-6,8-11H2/t14-,15+/m1/s1. The van der Waals surface area contributed by atoms with Gasteiger partial charge in [-0.15, -0.1) is 0 Å². The number of amides is 1. The van der Waals surface area contributed by atoms with Gasteiger partial charge in [-0.1, -0.05) is 6.07 Å². The normalized spacial score (nSPS) is 29.4. The van der Waals surface area contributed by atoms with Crippen LogP contribution in [0.1, 0.15) is 31.2 Å². The second kappa shape index (κ2) is 5.13. The van der Waals surface area contributed by atoms with Gasteiger partial charge in [0.25, 0.3) is 0 Å². The van der Waals surface area contributed by atoms with Crippen LogP contribution in [0.15, 0.2) is 18.2 Å². The van der Waals surface area contributed by atoms with Crippen LogP contribution in [-0.2, 0) is 11.3 Å². The number of hydrogen-bond acceptors (Lipinski definition) is 4. The van der Waals surface area contributed by atoms with E-state index in [4.69, 9.17) is 9.47 Å². The molecule has 0 spiro atoms. The monoisotopic (exact) mass is 314 g/mol. The maximum Gasteiger partial charge on any atom is 0.231 e. The van der Waals surface area contributed by atoms with Crippen molar-refractivity contribution >= 4 is 5.91 Å². The second-order valence-electron chi connectivity index (χ2n) is 7.28. The zero-order valence-electron chi connectivity index (χ0n) is 13.2. The van der Waals surface area contributed by atoms with Gasteiger partial charge in [-0.05, 0) is 42.9 Å². The average molecular weight is 314 g/mol. The topological polar surface area (TPSA) is 42.0 Å². The molecule has 0 bridgehead atoms. The number of hydrogen-bond donors (Lipinski definition) is 0. The van der Waals surface area contributed by atoms with Crippen molar-refractivity contribution in [1.29, 1.82) is 0 Å². The molecule has 5 heteroatoms. The maximum absolute atomic E-state index is 12.4. The summed E-state index contributed by atoms with van der Waals surface area (Å²) in [4.78, 5) is 17.0. The Morgan fingerprint density at radius 3 is 2.83 bits per heavy atom. The molecule has 1 aromatic rings. The van der Waals surface area contributed by atoms with Crippen LogP contribution in [0.2, 0.25) is 0 Å². The Morgan fingerprint density at radius 2 is 1.96 bits per heavy atom. The zero-order chi connectivity index (χ0) is 15.4. The molecule has 1 aliphatic carbocycles. The maximum atomic E-state index is 12.4. The molecule has 0 unspecified atom stereocenters. The Balaban J connectivity index is 1.30. The van der Waals surface area contributed by atoms with Gasteiger partial charge >= 0.3 is 0 Å². The SMILES string of the molecule is O=C1C[C@H]2[C@@H](CCN2Cc2ccc3c(c2)OCO3)N1CC1CC1. The van der Waals surface area contributed by atoms with Crippen LogP contribution < -0.4 is 9.47 Å². The van der Waals surface area contributed by atoms with E-state index < -0.39 is 0 Å². The molecule has 1 amide bonds. The van der Waals surface area contributed by atoms with Crippen molar-refractivity contribution in [3.05, 3.63) is 23.8 Å². The molecule has 23 heavy (non-hydrogen) atoms. The molecule has 3 heterocycles. The predicted molar refractivity (Wildman–Crippen MR) is 84.2 cm³/mol. The zero-order valence-corrected chi connectivity index (χ0v) is 13.2. The van der Waals surface area contributed by atoms with E-state index in [2.05, 4.69) is 21.9 Å². The minimum Gasteiger partial charge on any atom is -0.454 e. The Hall–Kier alpha value is -1.75. The Kier molecular flexibility index (Phi) is 3.05. The summed E-state index contributed by atoms with van der Waals surface area (Å²) in [6.07, 6.45) is 4.43. The minimum atomic E-state index is 0.317. The van der Waals surface area contributed by atoms with E-state index >= 15 is 0 Å². The molecule has 2 saturated heterocycles. The number of likely N-dealkylation sites (tertiary alicyclic amines) is 2. The van der Waals surface area contributed by atoms with Crippen LogP contribution in [0, 0.1) is 5.92 Å². The van der Waals surface area contributed by atoms with Crippen molar-refractivity contribution in [3.63, 3.8) is 0 Å². The van der Waals surface area contributed by atoms with Crippen molar-refractivity contribution in [2.45, 2.75) is 44.3 Å². The van der Waals surface area contributed by atoms with Gasteiger partial charge in [0.1, 0.15) is 0 Å². The molecule has 0 aromatic heterocycles. The fourth-order valence-electron chi connectivity index (χ4n) is 4.30. The lowest BCUT2D eigenvalue weighted by Crippen LogP contribution is -2.38. The summed E-state index contributed by atoms with van der Waals surface area (Å²) in [6, 6.07) is 7.02. The van der Waals surface area contributed by atoms with Crippen LogP contribution in [0.5, 0.6) is 11.5 Å². The Labute approximate surface area is 136 Å². The first kappa shape index (κ1) is 13.7. The van der Waals surface area contributed by atoms with Gasteiger partial charge in [-0.25, -0.2) is 0 Å². The van der Waals surface area contributed by atoms with Crippen molar-refractivity contribution in [2.75, 3.05) is 19.9 Å². The van der Waals surface area contributed by atoms with E-state index in [1.54, 1.807) is 0 Å². The van der Waals surface area contributed by atoms with E-state index in [9.17, 15) is 4.79 Å². The first-order valence-corrected chi connectivity index (χ1v) is 8.70. The van der Waals surface area contributed by atoms with Crippen LogP contribution in [-0.4, -0.2) is 47.7 Å². The van der Waals surface area contributed by atoms with Crippen molar-refractivity contribution in [1.82, 2.24) is 9.80 Å². The van der Waals surface area contributed by atoms with Gasteiger partial charge in [-0.3, -0.25) is 9.69 Å². The number of fused-ring (bicyclic) bond motifs is 2. The summed E-state index contributed by atoms with van der Waals surface area (Å²) in [5.74, 6) is 2.82. The largest absolute Gasteiger partial charge is 0.454 e. The first-order valence-electron chi connectivity index (χ1n) is 8.70. The first-order chi connectivity index (χ1) is 11.3. The van der Waals surface area contributed by atoms with Gasteiger partial charge in [0, 0.05) is 38.1 Å². The summed E-state index contributed by atoms with van der Waals surface area (Å²) in [7, 11) is 0. The fourth-order valence-corrected chi connectivity index (χ4v) is 4.30. The predicted octanol–water partition coefficient (Wildman–Crippen LogP) is 2.00. The van der Waals surface area contributed by atoms with Crippen molar-refractivity contribution in [3.8, 4) is 11.5 Å². The lowest BCUT2D eigenvalue weighted by Gasteiger charge is -2.25. The van der Waals surface area contributed by atoms with Crippen LogP contribution in [0.25, 0.3) is 0 Å². The van der Waals surface area contributed by atoms with Crippen LogP contribution >= 0.6 is 0 Å². The molecule has 3 aliphatic heterocycles. The fraction of sp³-hybridized carbons (Fsp3) is 0.611. The van der Waals surface area contributed by atoms with Gasteiger partial charge in [-0.2, -0.15) is 0 Å². The minimum absolute atomic E-state index is 0.317. The van der Waals surface area contributed by atoms with Crippen LogP contribution in [0.4, 0.5) is 0 Å². The highest BCUT2D eigenvalue weighted by Crippen LogP contribution is 2.38. The number of benzene rings is 1. The molecule has 5 nitrogen and oxygen atoms in total. The summed E-state index contributed by atoms with van der Waals surface area (Å²) in [5, 5.41) is 0. The van der Waals surface area contributed by atoms with Gasteiger partial charge in [0.15, 0.2) is 11.5 Å². The van der Waals surface area contributed by atoms with Crippen molar-refractivity contribution in [2.24, 2.45) is 5.92 Å². The lowest BCUT2D eigenvalue weighted by atomic mass is 10.1. The lowest BCUT2D eigenvalue weighted by molar-refractivity contribution is -0.129. The Morgan fingerprint density at radius 1 is 1.09 bits per heavy atom. The highest BCUT2D eigenvalue weighted by molar-refractivity contribution is 5.80. The summed E-state index contributed by atoms with van der Waals surface area (Å²) in [5.41, 5.74) is 1.24. The molecule has 0 N–H and O–H groups in total. The molecule has 5 rings (SSSR count). The van der Waals surface area contributed by atoms with Gasteiger partial charge in [0.2, 0.25) is 12.7 Å². The van der Waals surface area contributed by atoms with E-state index in [1.807, 2.05) is 6.07 Å². The van der Waals surface area contributed by atoms with Gasteiger partial charge < -0.3 is 14.4 Å². The molecule has 1 aromatic carbocycles. The molecule has 3 fully saturated rings. The Bertz CT molecular complexity index is 643. The summed E-state index contributed by atoms with van der Waals surface area (Å²) in [6.45, 7) is 3.29. The van der Waals surface area contributed by atoms with Crippen molar-refractivity contribution < 1.29 is 14.3 Å².